The minimum absolute atomic E-state index is 0.270. The van der Waals surface area contributed by atoms with E-state index in [4.69, 9.17) is 5.11 Å². The predicted molar refractivity (Wildman–Crippen MR) is 89.5 cm³/mol. The largest absolute Gasteiger partial charge is 0.475 e. The van der Waals surface area contributed by atoms with Crippen molar-refractivity contribution in [2.75, 3.05) is 7.05 Å². The molecule has 8 heteroatoms. The maximum Gasteiger partial charge on any atom is 0.374 e. The fourth-order valence-corrected chi connectivity index (χ4v) is 2.01. The van der Waals surface area contributed by atoms with Crippen molar-refractivity contribution < 1.29 is 28.3 Å². The molecule has 2 atom stereocenters. The van der Waals surface area contributed by atoms with Crippen LogP contribution in [-0.2, 0) is 20.8 Å². The molecule has 0 saturated heterocycles. The molecule has 0 radical (unpaired) electrons. The van der Waals surface area contributed by atoms with Gasteiger partial charge in [-0.25, -0.2) is 13.6 Å². The first-order valence-electron chi connectivity index (χ1n) is 7.92. The number of alkyl halides is 2. The van der Waals surface area contributed by atoms with Crippen LogP contribution in [0.15, 0.2) is 30.3 Å². The third-order valence-corrected chi connectivity index (χ3v) is 3.21. The Morgan fingerprint density at radius 3 is 2.08 bits per heavy atom. The quantitative estimate of drug-likeness (QED) is 0.583. The highest BCUT2D eigenvalue weighted by atomic mass is 19.3. The molecule has 0 bridgehead atoms. The molecule has 0 saturated carbocycles. The van der Waals surface area contributed by atoms with E-state index in [0.717, 1.165) is 5.56 Å². The van der Waals surface area contributed by atoms with Gasteiger partial charge in [0, 0.05) is 6.42 Å². The SMILES string of the molecule is CC.CN[C@@H](Cc1ccccc1)C(=O)NC(CC(F)F)C(=O)C(=O)O. The standard InChI is InChI=1S/C15H18F2N2O4.C2H6/c1-18-11(7-9-5-3-2-4-6-9)14(21)19-10(8-12(16)17)13(20)15(22)23;1-2/h2-6,10-12,18H,7-8H2,1H3,(H,19,21)(H,22,23);1-2H3/t10?,11-;/m0./s1. The van der Waals surface area contributed by atoms with Gasteiger partial charge >= 0.3 is 5.97 Å². The highest BCUT2D eigenvalue weighted by Crippen LogP contribution is 2.08. The van der Waals surface area contributed by atoms with Gasteiger partial charge in [-0.2, -0.15) is 0 Å². The molecular weight excluding hydrogens is 334 g/mol. The number of amides is 1. The Morgan fingerprint density at radius 2 is 1.64 bits per heavy atom. The van der Waals surface area contributed by atoms with Gasteiger partial charge in [0.15, 0.2) is 0 Å². The predicted octanol–water partition coefficient (Wildman–Crippen LogP) is 1.64. The molecule has 0 spiro atoms. The fourth-order valence-electron chi connectivity index (χ4n) is 2.01. The number of carboxylic acids is 1. The second-order valence-corrected chi connectivity index (χ2v) is 4.89. The Morgan fingerprint density at radius 1 is 1.08 bits per heavy atom. The van der Waals surface area contributed by atoms with E-state index in [2.05, 4.69) is 10.6 Å². The fraction of sp³-hybridized carbons (Fsp3) is 0.471. The van der Waals surface area contributed by atoms with Gasteiger partial charge in [0.1, 0.15) is 6.04 Å². The van der Waals surface area contributed by atoms with Crippen molar-refractivity contribution in [1.82, 2.24) is 10.6 Å². The van der Waals surface area contributed by atoms with Gasteiger partial charge in [-0.15, -0.1) is 0 Å². The lowest BCUT2D eigenvalue weighted by molar-refractivity contribution is -0.151. The smallest absolute Gasteiger partial charge is 0.374 e. The van der Waals surface area contributed by atoms with Gasteiger partial charge in [-0.3, -0.25) is 9.59 Å². The summed E-state index contributed by atoms with van der Waals surface area (Å²) in [6.07, 6.45) is -3.68. The van der Waals surface area contributed by atoms with Crippen LogP contribution < -0.4 is 10.6 Å². The summed E-state index contributed by atoms with van der Waals surface area (Å²) in [6, 6.07) is 6.42. The van der Waals surface area contributed by atoms with E-state index in [1.807, 2.05) is 19.9 Å². The molecule has 1 amide bonds. The average molecular weight is 358 g/mol. The number of halogens is 2. The Hall–Kier alpha value is -2.35. The van der Waals surface area contributed by atoms with Gasteiger partial charge < -0.3 is 15.7 Å². The van der Waals surface area contributed by atoms with E-state index < -0.39 is 42.6 Å². The Balaban J connectivity index is 0.00000277. The molecule has 25 heavy (non-hydrogen) atoms. The third-order valence-electron chi connectivity index (χ3n) is 3.21. The summed E-state index contributed by atoms with van der Waals surface area (Å²) in [7, 11) is 1.51. The van der Waals surface area contributed by atoms with E-state index >= 15 is 0 Å². The first-order chi connectivity index (χ1) is 11.8. The topological polar surface area (TPSA) is 95.5 Å². The second kappa shape index (κ2) is 12.1. The van der Waals surface area contributed by atoms with Crippen LogP contribution in [0.25, 0.3) is 0 Å². The van der Waals surface area contributed by atoms with Gasteiger partial charge in [0.05, 0.1) is 6.04 Å². The van der Waals surface area contributed by atoms with Gasteiger partial charge in [-0.05, 0) is 19.0 Å². The number of aliphatic carboxylic acids is 1. The van der Waals surface area contributed by atoms with Crippen molar-refractivity contribution in [3.05, 3.63) is 35.9 Å². The first kappa shape index (κ1) is 22.6. The number of rotatable bonds is 9. The van der Waals surface area contributed by atoms with Crippen molar-refractivity contribution >= 4 is 17.7 Å². The zero-order valence-corrected chi connectivity index (χ0v) is 14.5. The van der Waals surface area contributed by atoms with Gasteiger partial charge in [0.2, 0.25) is 12.3 Å². The van der Waals surface area contributed by atoms with Gasteiger partial charge in [0.25, 0.3) is 5.78 Å². The second-order valence-electron chi connectivity index (χ2n) is 4.89. The molecule has 0 fully saturated rings. The lowest BCUT2D eigenvalue weighted by Crippen LogP contribution is -2.52. The third kappa shape index (κ3) is 8.35. The minimum Gasteiger partial charge on any atom is -0.475 e. The molecule has 3 N–H and O–H groups in total. The Kier molecular flexibility index (Phi) is 10.9. The molecule has 0 aromatic heterocycles. The molecule has 6 nitrogen and oxygen atoms in total. The molecule has 1 aromatic rings. The van der Waals surface area contributed by atoms with Crippen molar-refractivity contribution in [2.45, 2.75) is 45.2 Å². The van der Waals surface area contributed by atoms with Crippen molar-refractivity contribution in [3.63, 3.8) is 0 Å². The van der Waals surface area contributed by atoms with Crippen molar-refractivity contribution in [3.8, 4) is 0 Å². The number of carbonyl (C=O) groups is 3. The highest BCUT2D eigenvalue weighted by Gasteiger charge is 2.31. The highest BCUT2D eigenvalue weighted by molar-refractivity contribution is 6.35. The van der Waals surface area contributed by atoms with Crippen LogP contribution in [0.1, 0.15) is 25.8 Å². The summed E-state index contributed by atoms with van der Waals surface area (Å²) in [5, 5.41) is 13.5. The van der Waals surface area contributed by atoms with Crippen LogP contribution >= 0.6 is 0 Å². The Bertz CT molecular complexity index is 553. The number of hydrogen-bond acceptors (Lipinski definition) is 4. The lowest BCUT2D eigenvalue weighted by atomic mass is 10.0. The monoisotopic (exact) mass is 358 g/mol. The average Bonchev–Trinajstić information content (AvgIpc) is 2.60. The molecule has 1 aromatic carbocycles. The number of likely N-dealkylation sites (N-methyl/N-ethyl adjacent to an activating group) is 1. The van der Waals surface area contributed by atoms with Crippen LogP contribution in [0, 0.1) is 0 Å². The maximum absolute atomic E-state index is 12.5. The van der Waals surface area contributed by atoms with E-state index in [1.54, 1.807) is 24.3 Å². The van der Waals surface area contributed by atoms with Crippen LogP contribution in [0.5, 0.6) is 0 Å². The van der Waals surface area contributed by atoms with E-state index in [-0.39, 0.29) is 6.42 Å². The summed E-state index contributed by atoms with van der Waals surface area (Å²) < 4.78 is 25.0. The van der Waals surface area contributed by atoms with Crippen molar-refractivity contribution in [2.24, 2.45) is 0 Å². The number of carboxylic acid groups (broad SMARTS) is 1. The molecule has 0 heterocycles. The number of ketones is 1. The summed E-state index contributed by atoms with van der Waals surface area (Å²) >= 11 is 0. The van der Waals surface area contributed by atoms with Crippen molar-refractivity contribution in [1.29, 1.82) is 0 Å². The summed E-state index contributed by atoms with van der Waals surface area (Å²) in [5.41, 5.74) is 0.831. The number of carbonyl (C=O) groups excluding carboxylic acids is 2. The van der Waals surface area contributed by atoms with Crippen LogP contribution in [0.4, 0.5) is 8.78 Å². The zero-order valence-electron chi connectivity index (χ0n) is 14.5. The van der Waals surface area contributed by atoms with Crippen LogP contribution in [0.3, 0.4) is 0 Å². The van der Waals surface area contributed by atoms with E-state index in [1.165, 1.54) is 7.05 Å². The van der Waals surface area contributed by atoms with E-state index in [0.29, 0.717) is 0 Å². The van der Waals surface area contributed by atoms with Crippen LogP contribution in [-0.4, -0.2) is 48.3 Å². The lowest BCUT2D eigenvalue weighted by Gasteiger charge is -2.20. The zero-order chi connectivity index (χ0) is 19.4. The minimum atomic E-state index is -2.91. The van der Waals surface area contributed by atoms with Crippen LogP contribution in [0.2, 0.25) is 0 Å². The Labute approximate surface area is 145 Å². The maximum atomic E-state index is 12.5. The summed E-state index contributed by atoms with van der Waals surface area (Å²) in [5.74, 6) is -4.04. The van der Waals surface area contributed by atoms with Gasteiger partial charge in [-0.1, -0.05) is 44.2 Å². The normalized spacial score (nSPS) is 12.6. The molecule has 1 unspecified atom stereocenters. The molecular formula is C17H24F2N2O4. The number of Topliss-reactive ketones (excluding diaryl/α,β-unsaturated/α-hetero) is 1. The number of nitrogens with one attached hydrogen (secondary N) is 2. The molecule has 0 aliphatic rings. The number of hydrogen-bond donors (Lipinski definition) is 3. The van der Waals surface area contributed by atoms with E-state index in [9.17, 15) is 23.2 Å². The number of benzene rings is 1. The summed E-state index contributed by atoms with van der Waals surface area (Å²) in [4.78, 5) is 34.2. The molecule has 0 aliphatic carbocycles. The molecule has 0 aliphatic heterocycles. The summed E-state index contributed by atoms with van der Waals surface area (Å²) in [6.45, 7) is 4.00. The molecule has 140 valence electrons. The molecule has 1 rings (SSSR count). The first-order valence-corrected chi connectivity index (χ1v) is 7.92.